The normalized spacial score (nSPS) is 11.7. The number of carbonyl (C=O) groups is 1. The number of nitrogens with zero attached hydrogens (tertiary/aromatic N) is 1. The fourth-order valence-electron chi connectivity index (χ4n) is 0.601. The highest BCUT2D eigenvalue weighted by atomic mass is 32.2. The molecule has 1 atom stereocenters. The van der Waals surface area contributed by atoms with Gasteiger partial charge in [0.15, 0.2) is 0 Å². The van der Waals surface area contributed by atoms with Gasteiger partial charge < -0.3 is 9.58 Å². The summed E-state index contributed by atoms with van der Waals surface area (Å²) in [4.78, 5) is 14.0. The minimum atomic E-state index is -0.604. The zero-order valence-corrected chi connectivity index (χ0v) is 7.48. The van der Waals surface area contributed by atoms with Crippen LogP contribution >= 0.6 is 11.8 Å². The van der Waals surface area contributed by atoms with E-state index in [1.165, 1.54) is 7.11 Å². The molecule has 0 spiro atoms. The highest BCUT2D eigenvalue weighted by Crippen LogP contribution is 2.05. The van der Waals surface area contributed by atoms with Gasteiger partial charge >= 0.3 is 12.0 Å². The van der Waals surface area contributed by atoms with Crippen LogP contribution in [0.5, 0.6) is 0 Å². The Balaban J connectivity index is 3.78. The first-order valence-electron chi connectivity index (χ1n) is 3.19. The molecule has 0 amide bonds. The lowest BCUT2D eigenvalue weighted by Gasteiger charge is -2.00. The van der Waals surface area contributed by atoms with Gasteiger partial charge in [-0.25, -0.2) is 11.4 Å². The highest BCUT2D eigenvalue weighted by Gasteiger charge is 2.22. The number of hydrogen-bond acceptors (Lipinski definition) is 3. The topological polar surface area (TPSA) is 30.7 Å². The van der Waals surface area contributed by atoms with E-state index in [-0.39, 0.29) is 0 Å². The van der Waals surface area contributed by atoms with Crippen LogP contribution in [0.4, 0.5) is 0 Å². The molecule has 11 heavy (non-hydrogen) atoms. The van der Waals surface area contributed by atoms with Crippen LogP contribution in [-0.4, -0.2) is 31.1 Å². The summed E-state index contributed by atoms with van der Waals surface area (Å²) in [7, 11) is 1.31. The van der Waals surface area contributed by atoms with E-state index in [4.69, 9.17) is 6.57 Å². The molecule has 0 aliphatic carbocycles. The lowest BCUT2D eigenvalue weighted by molar-refractivity contribution is -0.141. The van der Waals surface area contributed by atoms with Gasteiger partial charge in [0.2, 0.25) is 0 Å². The molecule has 0 aromatic carbocycles. The van der Waals surface area contributed by atoms with Crippen molar-refractivity contribution in [3.63, 3.8) is 0 Å². The van der Waals surface area contributed by atoms with Crippen molar-refractivity contribution in [2.24, 2.45) is 0 Å². The molecule has 0 heterocycles. The van der Waals surface area contributed by atoms with E-state index in [2.05, 4.69) is 9.58 Å². The lowest BCUT2D eigenvalue weighted by atomic mass is 10.2. The Labute approximate surface area is 70.9 Å². The summed E-state index contributed by atoms with van der Waals surface area (Å²) in [5.74, 6) is 0.399. The Kier molecular flexibility index (Phi) is 5.67. The third kappa shape index (κ3) is 3.89. The molecule has 0 N–H and O–H groups in total. The summed E-state index contributed by atoms with van der Waals surface area (Å²) in [5, 5.41) is 0. The summed E-state index contributed by atoms with van der Waals surface area (Å²) in [6, 6.07) is -0.604. The Bertz CT molecular complexity index is 164. The molecular weight excluding hydrogens is 162 g/mol. The Morgan fingerprint density at radius 1 is 1.82 bits per heavy atom. The smallest absolute Gasteiger partial charge is 0.390 e. The van der Waals surface area contributed by atoms with E-state index in [1.807, 2.05) is 6.26 Å². The molecule has 0 unspecified atom stereocenters. The molecule has 0 saturated heterocycles. The number of methoxy groups -OCH3 is 1. The van der Waals surface area contributed by atoms with Crippen molar-refractivity contribution in [2.75, 3.05) is 19.1 Å². The maximum Gasteiger partial charge on any atom is 0.390 e. The van der Waals surface area contributed by atoms with E-state index in [0.717, 1.165) is 5.75 Å². The standard InChI is InChI=1S/C7H11NO2S/c1-8-6(4-5-11-3)7(9)10-2/h6H,4-5H2,2-3H3/t6-/m0/s1. The summed E-state index contributed by atoms with van der Waals surface area (Å²) >= 11 is 1.62. The van der Waals surface area contributed by atoms with Crippen molar-refractivity contribution >= 4 is 17.7 Å². The van der Waals surface area contributed by atoms with Crippen LogP contribution in [-0.2, 0) is 9.53 Å². The van der Waals surface area contributed by atoms with E-state index in [1.54, 1.807) is 11.8 Å². The maximum atomic E-state index is 10.8. The Morgan fingerprint density at radius 3 is 2.82 bits per heavy atom. The third-order valence-corrected chi connectivity index (χ3v) is 1.87. The van der Waals surface area contributed by atoms with E-state index >= 15 is 0 Å². The fourth-order valence-corrected chi connectivity index (χ4v) is 1.06. The predicted molar refractivity (Wildman–Crippen MR) is 45.4 cm³/mol. The van der Waals surface area contributed by atoms with Crippen LogP contribution < -0.4 is 0 Å². The van der Waals surface area contributed by atoms with Crippen molar-refractivity contribution in [1.82, 2.24) is 0 Å². The van der Waals surface area contributed by atoms with Crippen molar-refractivity contribution < 1.29 is 9.53 Å². The molecule has 0 bridgehead atoms. The van der Waals surface area contributed by atoms with Gasteiger partial charge in [-0.2, -0.15) is 11.8 Å². The van der Waals surface area contributed by atoms with Gasteiger partial charge in [-0.3, -0.25) is 0 Å². The monoisotopic (exact) mass is 173 g/mol. The number of esters is 1. The second-order valence-electron chi connectivity index (χ2n) is 1.95. The van der Waals surface area contributed by atoms with E-state index in [0.29, 0.717) is 6.42 Å². The highest BCUT2D eigenvalue weighted by molar-refractivity contribution is 7.98. The number of ether oxygens (including phenoxy) is 1. The van der Waals surface area contributed by atoms with Crippen molar-refractivity contribution in [3.8, 4) is 0 Å². The van der Waals surface area contributed by atoms with Gasteiger partial charge in [-0.05, 0) is 6.26 Å². The van der Waals surface area contributed by atoms with Crippen molar-refractivity contribution in [2.45, 2.75) is 12.5 Å². The molecule has 0 radical (unpaired) electrons. The lowest BCUT2D eigenvalue weighted by Crippen LogP contribution is -2.19. The average molecular weight is 173 g/mol. The molecule has 0 aliphatic heterocycles. The van der Waals surface area contributed by atoms with Gasteiger partial charge in [0.25, 0.3) is 0 Å². The predicted octanol–water partition coefficient (Wildman–Crippen LogP) is 1.20. The minimum Gasteiger partial charge on any atom is -0.463 e. The van der Waals surface area contributed by atoms with Crippen molar-refractivity contribution in [3.05, 3.63) is 11.4 Å². The van der Waals surface area contributed by atoms with Gasteiger partial charge in [-0.15, -0.1) is 0 Å². The number of carbonyl (C=O) groups excluding carboxylic acids is 1. The van der Waals surface area contributed by atoms with E-state index in [9.17, 15) is 4.79 Å². The first-order chi connectivity index (χ1) is 5.26. The summed E-state index contributed by atoms with van der Waals surface area (Å²) < 4.78 is 4.44. The molecule has 4 heteroatoms. The fraction of sp³-hybridized carbons (Fsp3) is 0.714. The van der Waals surface area contributed by atoms with Crippen LogP contribution in [0.15, 0.2) is 0 Å². The third-order valence-electron chi connectivity index (χ3n) is 1.22. The van der Waals surface area contributed by atoms with Crippen LogP contribution in [0.2, 0.25) is 0 Å². The zero-order valence-electron chi connectivity index (χ0n) is 6.66. The number of hydrogen-bond donors (Lipinski definition) is 0. The Morgan fingerprint density at radius 2 is 2.45 bits per heavy atom. The molecule has 0 aliphatic rings. The van der Waals surface area contributed by atoms with Gasteiger partial charge in [0, 0.05) is 12.2 Å². The van der Waals surface area contributed by atoms with Crippen LogP contribution in [0.25, 0.3) is 4.85 Å². The molecule has 0 saturated carbocycles. The summed E-state index contributed by atoms with van der Waals surface area (Å²) in [5.41, 5.74) is 0. The molecule has 0 fully saturated rings. The first-order valence-corrected chi connectivity index (χ1v) is 4.59. The molecular formula is C7H11NO2S. The molecule has 3 nitrogen and oxygen atoms in total. The number of thioether (sulfide) groups is 1. The van der Waals surface area contributed by atoms with Crippen molar-refractivity contribution in [1.29, 1.82) is 0 Å². The summed E-state index contributed by atoms with van der Waals surface area (Å²) in [6.45, 7) is 6.69. The second kappa shape index (κ2) is 6.05. The largest absolute Gasteiger partial charge is 0.463 e. The molecule has 0 aromatic heterocycles. The van der Waals surface area contributed by atoms with Crippen LogP contribution in [0, 0.1) is 6.57 Å². The quantitative estimate of drug-likeness (QED) is 0.473. The van der Waals surface area contributed by atoms with Gasteiger partial charge in [0.05, 0.1) is 7.11 Å². The Hall–Kier alpha value is -0.690. The molecule has 0 aromatic rings. The minimum absolute atomic E-state index is 0.422. The zero-order chi connectivity index (χ0) is 8.69. The van der Waals surface area contributed by atoms with Crippen LogP contribution in [0.1, 0.15) is 6.42 Å². The average Bonchev–Trinajstić information content (AvgIpc) is 2.05. The SMILES string of the molecule is [C-]#[N+][C@@H](CCSC)C(=O)OC. The van der Waals surface area contributed by atoms with E-state index < -0.39 is 12.0 Å². The van der Waals surface area contributed by atoms with Crippen LogP contribution in [0.3, 0.4) is 0 Å². The molecule has 62 valence electrons. The second-order valence-corrected chi connectivity index (χ2v) is 2.94. The van der Waals surface area contributed by atoms with Gasteiger partial charge in [-0.1, -0.05) is 0 Å². The first kappa shape index (κ1) is 10.3. The van der Waals surface area contributed by atoms with Gasteiger partial charge in [0.1, 0.15) is 0 Å². The summed E-state index contributed by atoms with van der Waals surface area (Å²) in [6.07, 6.45) is 2.52. The maximum absolute atomic E-state index is 10.8. The molecule has 0 rings (SSSR count). The number of rotatable bonds is 4.